The lowest BCUT2D eigenvalue weighted by Crippen LogP contribution is -2.60. The number of nitrogens with one attached hydrogen (secondary N) is 3. The standard InChI is InChI=1S/C29H42N4O4/c1-17(30-4)26(34)32-24-20-13-7-8-15-22(20)37-23-16-29(2,3)25(33(23)28(24)36)27(35)31-21-14-9-11-18-10-5-6-12-19(18)21/h5-6,10,12,17,20-25,30H,7-9,11,13-16H2,1-4H3,(H,31,35)(H,32,34)/t17-,20?,21+,22?,23-,24-,25+/m0/s1. The fourth-order valence-electron chi connectivity index (χ4n) is 7.02. The molecule has 2 heterocycles. The van der Waals surface area contributed by atoms with Crippen LogP contribution in [0.4, 0.5) is 0 Å². The van der Waals surface area contributed by atoms with E-state index in [4.69, 9.17) is 4.74 Å². The van der Waals surface area contributed by atoms with Gasteiger partial charge in [-0.3, -0.25) is 14.4 Å². The number of amides is 3. The molecular weight excluding hydrogens is 468 g/mol. The number of fused-ring (bicyclic) bond motifs is 3. The zero-order valence-electron chi connectivity index (χ0n) is 22.6. The Morgan fingerprint density at radius 2 is 1.84 bits per heavy atom. The van der Waals surface area contributed by atoms with E-state index in [-0.39, 0.29) is 35.8 Å². The second-order valence-corrected chi connectivity index (χ2v) is 12.1. The highest BCUT2D eigenvalue weighted by molar-refractivity contribution is 5.94. The Morgan fingerprint density at radius 3 is 2.62 bits per heavy atom. The highest BCUT2D eigenvalue weighted by Crippen LogP contribution is 2.46. The van der Waals surface area contributed by atoms with E-state index < -0.39 is 29.8 Å². The molecule has 0 spiro atoms. The lowest BCUT2D eigenvalue weighted by atomic mass is 9.79. The van der Waals surface area contributed by atoms with Crippen LogP contribution in [-0.4, -0.2) is 60.1 Å². The Balaban J connectivity index is 1.44. The van der Waals surface area contributed by atoms with Crippen molar-refractivity contribution in [3.05, 3.63) is 35.4 Å². The van der Waals surface area contributed by atoms with Crippen molar-refractivity contribution in [1.29, 1.82) is 0 Å². The summed E-state index contributed by atoms with van der Waals surface area (Å²) in [4.78, 5) is 42.8. The van der Waals surface area contributed by atoms with Gasteiger partial charge in [0.1, 0.15) is 18.3 Å². The number of hydrogen-bond donors (Lipinski definition) is 3. The molecule has 8 nitrogen and oxygen atoms in total. The van der Waals surface area contributed by atoms with Crippen LogP contribution in [0.5, 0.6) is 0 Å². The summed E-state index contributed by atoms with van der Waals surface area (Å²) in [6.45, 7) is 5.88. The molecule has 8 heteroatoms. The number of benzene rings is 1. The third kappa shape index (κ3) is 4.90. The van der Waals surface area contributed by atoms with Crippen molar-refractivity contribution < 1.29 is 19.1 Å². The molecule has 3 N–H and O–H groups in total. The van der Waals surface area contributed by atoms with Crippen molar-refractivity contribution in [3.63, 3.8) is 0 Å². The maximum Gasteiger partial charge on any atom is 0.248 e. The zero-order valence-corrected chi connectivity index (χ0v) is 22.6. The fraction of sp³-hybridized carbons (Fsp3) is 0.690. The summed E-state index contributed by atoms with van der Waals surface area (Å²) in [6, 6.07) is 6.45. The summed E-state index contributed by atoms with van der Waals surface area (Å²) in [6.07, 6.45) is 6.69. The Kier molecular flexibility index (Phi) is 7.33. The smallest absolute Gasteiger partial charge is 0.248 e. The summed E-state index contributed by atoms with van der Waals surface area (Å²) in [5.74, 6) is -0.616. The molecule has 2 aliphatic carbocycles. The molecule has 3 fully saturated rings. The van der Waals surface area contributed by atoms with Crippen LogP contribution in [0.2, 0.25) is 0 Å². The van der Waals surface area contributed by atoms with Crippen LogP contribution in [0.3, 0.4) is 0 Å². The maximum absolute atomic E-state index is 14.3. The predicted molar refractivity (Wildman–Crippen MR) is 140 cm³/mol. The van der Waals surface area contributed by atoms with Crippen molar-refractivity contribution in [3.8, 4) is 0 Å². The quantitative estimate of drug-likeness (QED) is 0.566. The number of likely N-dealkylation sites (N-methyl/N-ethyl adjacent to an activating group) is 1. The monoisotopic (exact) mass is 510 g/mol. The van der Waals surface area contributed by atoms with Gasteiger partial charge in [0, 0.05) is 12.3 Å². The van der Waals surface area contributed by atoms with Crippen molar-refractivity contribution in [2.45, 2.75) is 109 Å². The number of carbonyl (C=O) groups is 3. The van der Waals surface area contributed by atoms with Gasteiger partial charge in [0.25, 0.3) is 0 Å². The molecule has 1 aromatic rings. The van der Waals surface area contributed by atoms with Gasteiger partial charge in [-0.05, 0) is 62.6 Å². The normalized spacial score (nSPS) is 33.4. The van der Waals surface area contributed by atoms with E-state index in [2.05, 4.69) is 28.1 Å². The van der Waals surface area contributed by atoms with E-state index in [1.807, 2.05) is 26.0 Å². The van der Waals surface area contributed by atoms with Gasteiger partial charge in [0.15, 0.2) is 0 Å². The molecule has 2 saturated heterocycles. The van der Waals surface area contributed by atoms with Gasteiger partial charge < -0.3 is 25.6 Å². The van der Waals surface area contributed by atoms with Crippen molar-refractivity contribution >= 4 is 17.7 Å². The molecule has 0 aromatic heterocycles. The number of ether oxygens (including phenoxy) is 1. The average molecular weight is 511 g/mol. The molecule has 1 saturated carbocycles. The van der Waals surface area contributed by atoms with Crippen molar-refractivity contribution in [1.82, 2.24) is 20.9 Å². The SMILES string of the molecule is CN[C@@H](C)C(=O)N[C@@H]1C(=O)N2[C@H](CC(C)(C)[C@H]2C(=O)N[C@@H]2CCCc3ccccc32)OC2CCCCC21. The Hall–Kier alpha value is -2.45. The average Bonchev–Trinajstić information content (AvgIpc) is 3.10. The molecule has 4 aliphatic rings. The van der Waals surface area contributed by atoms with Crippen LogP contribution >= 0.6 is 0 Å². The first kappa shape index (κ1) is 26.2. The van der Waals surface area contributed by atoms with E-state index in [1.54, 1.807) is 18.9 Å². The predicted octanol–water partition coefficient (Wildman–Crippen LogP) is 2.82. The summed E-state index contributed by atoms with van der Waals surface area (Å²) in [5, 5.41) is 9.32. The first-order valence-electron chi connectivity index (χ1n) is 14.0. The van der Waals surface area contributed by atoms with Gasteiger partial charge in [-0.1, -0.05) is 51.0 Å². The van der Waals surface area contributed by atoms with Crippen LogP contribution in [0.25, 0.3) is 0 Å². The van der Waals surface area contributed by atoms with Gasteiger partial charge in [0.05, 0.1) is 18.2 Å². The first-order chi connectivity index (χ1) is 17.7. The van der Waals surface area contributed by atoms with Crippen molar-refractivity contribution in [2.24, 2.45) is 11.3 Å². The molecule has 0 radical (unpaired) electrons. The third-order valence-electron chi connectivity index (χ3n) is 9.12. The zero-order chi connectivity index (χ0) is 26.3. The van der Waals surface area contributed by atoms with Crippen LogP contribution in [0, 0.1) is 11.3 Å². The number of nitrogens with zero attached hydrogens (tertiary/aromatic N) is 1. The molecule has 2 unspecified atom stereocenters. The molecule has 5 rings (SSSR count). The Morgan fingerprint density at radius 1 is 1.08 bits per heavy atom. The molecule has 2 aliphatic heterocycles. The van der Waals surface area contributed by atoms with Gasteiger partial charge in [-0.25, -0.2) is 0 Å². The van der Waals surface area contributed by atoms with Crippen LogP contribution in [0.15, 0.2) is 24.3 Å². The second kappa shape index (κ2) is 10.4. The van der Waals surface area contributed by atoms with Gasteiger partial charge >= 0.3 is 0 Å². The highest BCUT2D eigenvalue weighted by Gasteiger charge is 2.58. The van der Waals surface area contributed by atoms with E-state index in [1.165, 1.54) is 11.1 Å². The number of hydrogen-bond acceptors (Lipinski definition) is 5. The van der Waals surface area contributed by atoms with E-state index >= 15 is 0 Å². The third-order valence-corrected chi connectivity index (χ3v) is 9.12. The van der Waals surface area contributed by atoms with Crippen molar-refractivity contribution in [2.75, 3.05) is 7.05 Å². The summed E-state index contributed by atoms with van der Waals surface area (Å²) < 4.78 is 6.63. The fourth-order valence-corrected chi connectivity index (χ4v) is 7.02. The molecule has 1 aromatic carbocycles. The topological polar surface area (TPSA) is 99.8 Å². The number of aryl methyl sites for hydroxylation is 1. The van der Waals surface area contributed by atoms with Crippen LogP contribution in [-0.2, 0) is 25.5 Å². The molecule has 0 bridgehead atoms. The van der Waals surface area contributed by atoms with Crippen LogP contribution in [0.1, 0.15) is 82.9 Å². The molecule has 37 heavy (non-hydrogen) atoms. The van der Waals surface area contributed by atoms with E-state index in [0.717, 1.165) is 44.9 Å². The Bertz CT molecular complexity index is 1040. The number of rotatable bonds is 5. The highest BCUT2D eigenvalue weighted by atomic mass is 16.5. The minimum atomic E-state index is -0.696. The second-order valence-electron chi connectivity index (χ2n) is 12.1. The minimum Gasteiger partial charge on any atom is -0.355 e. The van der Waals surface area contributed by atoms with Gasteiger partial charge in [0.2, 0.25) is 17.7 Å². The number of carbonyl (C=O) groups excluding carboxylic acids is 3. The largest absolute Gasteiger partial charge is 0.355 e. The van der Waals surface area contributed by atoms with Gasteiger partial charge in [-0.15, -0.1) is 0 Å². The molecule has 202 valence electrons. The lowest BCUT2D eigenvalue weighted by Gasteiger charge is -2.37. The minimum absolute atomic E-state index is 0.0649. The Labute approximate surface area is 220 Å². The maximum atomic E-state index is 14.3. The summed E-state index contributed by atoms with van der Waals surface area (Å²) >= 11 is 0. The van der Waals surface area contributed by atoms with Gasteiger partial charge in [-0.2, -0.15) is 0 Å². The van der Waals surface area contributed by atoms with Crippen LogP contribution < -0.4 is 16.0 Å². The lowest BCUT2D eigenvalue weighted by molar-refractivity contribution is -0.152. The molecular formula is C29H42N4O4. The van der Waals surface area contributed by atoms with E-state index in [0.29, 0.717) is 6.42 Å². The molecule has 7 atom stereocenters. The van der Waals surface area contributed by atoms with E-state index in [9.17, 15) is 14.4 Å². The summed E-state index contributed by atoms with van der Waals surface area (Å²) in [7, 11) is 1.73. The molecule has 3 amide bonds. The first-order valence-corrected chi connectivity index (χ1v) is 14.0. The summed E-state index contributed by atoms with van der Waals surface area (Å²) in [5.41, 5.74) is 1.99.